The number of nitrogens with two attached hydrogens (primary N) is 1. The van der Waals surface area contributed by atoms with Crippen molar-refractivity contribution >= 4 is 5.91 Å². The minimum Gasteiger partial charge on any atom is -0.388 e. The van der Waals surface area contributed by atoms with Crippen molar-refractivity contribution in [2.45, 2.75) is 32.0 Å². The highest BCUT2D eigenvalue weighted by atomic mass is 16.3. The molecule has 1 atom stereocenters. The van der Waals surface area contributed by atoms with Crippen LogP contribution >= 0.6 is 0 Å². The summed E-state index contributed by atoms with van der Waals surface area (Å²) < 4.78 is 1.47. The fourth-order valence-electron chi connectivity index (χ4n) is 1.91. The Morgan fingerprint density at radius 3 is 3.00 bits per heavy atom. The van der Waals surface area contributed by atoms with E-state index in [4.69, 9.17) is 5.73 Å². The number of hydrogen-bond donors (Lipinski definition) is 2. The van der Waals surface area contributed by atoms with Gasteiger partial charge in [-0.1, -0.05) is 5.21 Å². The van der Waals surface area contributed by atoms with Crippen LogP contribution in [-0.2, 0) is 17.9 Å². The van der Waals surface area contributed by atoms with Gasteiger partial charge in [0.2, 0.25) is 5.91 Å². The lowest BCUT2D eigenvalue weighted by Crippen LogP contribution is -2.35. The van der Waals surface area contributed by atoms with Crippen LogP contribution in [0.4, 0.5) is 0 Å². The number of rotatable bonds is 3. The first kappa shape index (κ1) is 12.0. The molecule has 17 heavy (non-hydrogen) atoms. The molecule has 1 aliphatic heterocycles. The Morgan fingerprint density at radius 2 is 2.47 bits per heavy atom. The lowest BCUT2D eigenvalue weighted by molar-refractivity contribution is -0.131. The number of hydrogen-bond acceptors (Lipinski definition) is 5. The number of nitrogens with zero attached hydrogens (tertiary/aromatic N) is 4. The van der Waals surface area contributed by atoms with Gasteiger partial charge in [0.15, 0.2) is 0 Å². The Balaban J connectivity index is 1.93. The van der Waals surface area contributed by atoms with E-state index in [1.165, 1.54) is 4.68 Å². The van der Waals surface area contributed by atoms with Crippen LogP contribution in [-0.4, -0.2) is 49.6 Å². The fourth-order valence-corrected chi connectivity index (χ4v) is 1.91. The third-order valence-electron chi connectivity index (χ3n) is 2.90. The van der Waals surface area contributed by atoms with E-state index in [0.29, 0.717) is 31.7 Å². The second kappa shape index (κ2) is 4.42. The van der Waals surface area contributed by atoms with E-state index in [0.717, 1.165) is 0 Å². The molecule has 2 heterocycles. The Morgan fingerprint density at radius 1 is 1.71 bits per heavy atom. The van der Waals surface area contributed by atoms with Gasteiger partial charge in [-0.25, -0.2) is 4.68 Å². The summed E-state index contributed by atoms with van der Waals surface area (Å²) in [5, 5.41) is 17.4. The molecule has 1 amide bonds. The summed E-state index contributed by atoms with van der Waals surface area (Å²) in [6.45, 7) is 3.16. The Bertz CT molecular complexity index is 415. The van der Waals surface area contributed by atoms with Crippen LogP contribution in [0.2, 0.25) is 0 Å². The van der Waals surface area contributed by atoms with Gasteiger partial charge < -0.3 is 15.7 Å². The lowest BCUT2D eigenvalue weighted by atomic mass is 10.1. The van der Waals surface area contributed by atoms with Gasteiger partial charge in [0.05, 0.1) is 17.5 Å². The number of aliphatic hydroxyl groups is 1. The van der Waals surface area contributed by atoms with Crippen LogP contribution in [0, 0.1) is 0 Å². The molecule has 2 rings (SSSR count). The average molecular weight is 239 g/mol. The van der Waals surface area contributed by atoms with E-state index in [-0.39, 0.29) is 12.5 Å². The third kappa shape index (κ3) is 2.80. The van der Waals surface area contributed by atoms with E-state index in [1.54, 1.807) is 18.0 Å². The highest BCUT2D eigenvalue weighted by Gasteiger charge is 2.33. The summed E-state index contributed by atoms with van der Waals surface area (Å²) >= 11 is 0. The summed E-state index contributed by atoms with van der Waals surface area (Å²) in [6.07, 6.45) is 2.27. The standard InChI is InChI=1S/C10H17N5O2/c1-10(17)2-3-14(7-10)9(16)6-15-5-8(4-11)12-13-15/h5,17H,2-4,6-7,11H2,1H3. The molecule has 1 saturated heterocycles. The second-order valence-electron chi connectivity index (χ2n) is 4.67. The molecule has 1 aromatic rings. The third-order valence-corrected chi connectivity index (χ3v) is 2.90. The monoisotopic (exact) mass is 239 g/mol. The number of carbonyl (C=O) groups is 1. The average Bonchev–Trinajstić information content (AvgIpc) is 2.84. The van der Waals surface area contributed by atoms with E-state index >= 15 is 0 Å². The van der Waals surface area contributed by atoms with Crippen LogP contribution in [0.1, 0.15) is 19.0 Å². The molecule has 0 aromatic carbocycles. The minimum absolute atomic E-state index is 0.0590. The van der Waals surface area contributed by atoms with Crippen molar-refractivity contribution in [2.24, 2.45) is 5.73 Å². The quantitative estimate of drug-likeness (QED) is 0.684. The maximum absolute atomic E-state index is 11.9. The van der Waals surface area contributed by atoms with Crippen LogP contribution in [0.3, 0.4) is 0 Å². The molecule has 0 aliphatic carbocycles. The molecule has 1 aliphatic rings. The molecule has 7 heteroatoms. The van der Waals surface area contributed by atoms with Gasteiger partial charge in [0, 0.05) is 19.6 Å². The summed E-state index contributed by atoms with van der Waals surface area (Å²) in [4.78, 5) is 13.5. The van der Waals surface area contributed by atoms with Crippen LogP contribution < -0.4 is 5.73 Å². The molecule has 94 valence electrons. The van der Waals surface area contributed by atoms with Crippen molar-refractivity contribution in [2.75, 3.05) is 13.1 Å². The zero-order valence-electron chi connectivity index (χ0n) is 9.83. The molecule has 0 spiro atoms. The van der Waals surface area contributed by atoms with Gasteiger partial charge in [-0.05, 0) is 13.3 Å². The van der Waals surface area contributed by atoms with Gasteiger partial charge in [0.25, 0.3) is 0 Å². The van der Waals surface area contributed by atoms with Gasteiger partial charge in [-0.3, -0.25) is 4.79 Å². The number of β-amino-alcohol motifs (C(OH)–C–C–N with tert-alkyl or cyclic N) is 1. The Labute approximate surface area is 99.2 Å². The van der Waals surface area contributed by atoms with Crippen LogP contribution in [0.5, 0.6) is 0 Å². The molecular weight excluding hydrogens is 222 g/mol. The van der Waals surface area contributed by atoms with Crippen molar-refractivity contribution in [3.8, 4) is 0 Å². The molecule has 1 unspecified atom stereocenters. The van der Waals surface area contributed by atoms with E-state index in [9.17, 15) is 9.90 Å². The van der Waals surface area contributed by atoms with Crippen molar-refractivity contribution in [1.29, 1.82) is 0 Å². The molecular formula is C10H17N5O2. The Kier molecular flexibility index (Phi) is 3.12. The molecule has 3 N–H and O–H groups in total. The molecule has 1 fully saturated rings. The fraction of sp³-hybridized carbons (Fsp3) is 0.700. The van der Waals surface area contributed by atoms with Gasteiger partial charge >= 0.3 is 0 Å². The molecule has 0 radical (unpaired) electrons. The van der Waals surface area contributed by atoms with E-state index in [1.807, 2.05) is 0 Å². The highest BCUT2D eigenvalue weighted by Crippen LogP contribution is 2.20. The summed E-state index contributed by atoms with van der Waals surface area (Å²) in [5.41, 5.74) is 5.30. The predicted molar refractivity (Wildman–Crippen MR) is 59.7 cm³/mol. The molecule has 0 bridgehead atoms. The molecule has 0 saturated carbocycles. The topological polar surface area (TPSA) is 97.3 Å². The molecule has 1 aromatic heterocycles. The first-order valence-corrected chi connectivity index (χ1v) is 5.59. The summed E-state index contributed by atoms with van der Waals surface area (Å²) in [5.74, 6) is -0.0590. The zero-order valence-corrected chi connectivity index (χ0v) is 9.83. The van der Waals surface area contributed by atoms with Crippen LogP contribution in [0.15, 0.2) is 6.20 Å². The van der Waals surface area contributed by atoms with Gasteiger partial charge in [-0.2, -0.15) is 0 Å². The van der Waals surface area contributed by atoms with Crippen molar-refractivity contribution in [3.63, 3.8) is 0 Å². The smallest absolute Gasteiger partial charge is 0.244 e. The number of amides is 1. The van der Waals surface area contributed by atoms with Crippen molar-refractivity contribution < 1.29 is 9.90 Å². The second-order valence-corrected chi connectivity index (χ2v) is 4.67. The normalized spacial score (nSPS) is 24.3. The molecule has 7 nitrogen and oxygen atoms in total. The van der Waals surface area contributed by atoms with E-state index in [2.05, 4.69) is 10.3 Å². The first-order valence-electron chi connectivity index (χ1n) is 5.59. The highest BCUT2D eigenvalue weighted by molar-refractivity contribution is 5.76. The lowest BCUT2D eigenvalue weighted by Gasteiger charge is -2.18. The predicted octanol–water partition coefficient (Wildman–Crippen LogP) is -1.28. The summed E-state index contributed by atoms with van der Waals surface area (Å²) in [7, 11) is 0. The summed E-state index contributed by atoms with van der Waals surface area (Å²) in [6, 6.07) is 0. The Hall–Kier alpha value is -1.47. The zero-order chi connectivity index (χ0) is 12.5. The van der Waals surface area contributed by atoms with Crippen LogP contribution in [0.25, 0.3) is 0 Å². The largest absolute Gasteiger partial charge is 0.388 e. The number of likely N-dealkylation sites (tertiary alicyclic amines) is 1. The van der Waals surface area contributed by atoms with Crippen molar-refractivity contribution in [1.82, 2.24) is 19.9 Å². The van der Waals surface area contributed by atoms with Crippen molar-refractivity contribution in [3.05, 3.63) is 11.9 Å². The number of aromatic nitrogens is 3. The SMILES string of the molecule is CC1(O)CCN(C(=O)Cn2cc(CN)nn2)C1. The van der Waals surface area contributed by atoms with Gasteiger partial charge in [-0.15, -0.1) is 5.10 Å². The van der Waals surface area contributed by atoms with E-state index < -0.39 is 5.60 Å². The first-order chi connectivity index (χ1) is 8.00. The van der Waals surface area contributed by atoms with Gasteiger partial charge in [0.1, 0.15) is 6.54 Å². The number of carbonyl (C=O) groups excluding carboxylic acids is 1. The maximum Gasteiger partial charge on any atom is 0.244 e. The maximum atomic E-state index is 11.9. The minimum atomic E-state index is -0.763.